The summed E-state index contributed by atoms with van der Waals surface area (Å²) >= 11 is 0. The van der Waals surface area contributed by atoms with Crippen molar-refractivity contribution >= 4 is 11.6 Å². The smallest absolute Gasteiger partial charge is 0.168 e. The molecule has 0 fully saturated rings. The molecule has 1 rings (SSSR count). The van der Waals surface area contributed by atoms with E-state index in [1.807, 2.05) is 13.8 Å². The number of halogens is 2. The molecule has 0 amide bonds. The largest absolute Gasteiger partial charge is 0.383 e. The molecule has 0 atom stereocenters. The first-order valence-corrected chi connectivity index (χ1v) is 6.42. The fraction of sp³-hybridized carbons (Fsp3) is 0.615. The number of hydrogen-bond donors (Lipinski definition) is 1. The van der Waals surface area contributed by atoms with Crippen molar-refractivity contribution in [2.24, 2.45) is 0 Å². The van der Waals surface area contributed by atoms with Crippen LogP contribution < -0.4 is 10.6 Å². The summed E-state index contributed by atoms with van der Waals surface area (Å²) in [4.78, 5) is 5.63. The molecule has 0 aromatic carbocycles. The monoisotopic (exact) mass is 273 g/mol. The van der Waals surface area contributed by atoms with Gasteiger partial charge in [0.15, 0.2) is 23.3 Å². The van der Waals surface area contributed by atoms with Crippen LogP contribution in [0.15, 0.2) is 6.07 Å². The lowest BCUT2D eigenvalue weighted by atomic mass is 10.1. The molecule has 0 spiro atoms. The Morgan fingerprint density at radius 3 is 2.47 bits per heavy atom. The van der Waals surface area contributed by atoms with E-state index in [0.29, 0.717) is 13.2 Å². The van der Waals surface area contributed by atoms with Crippen molar-refractivity contribution in [2.75, 3.05) is 30.9 Å². The number of rotatable bonds is 7. The summed E-state index contributed by atoms with van der Waals surface area (Å²) in [5, 5.41) is 0. The molecule has 1 heterocycles. The lowest BCUT2D eigenvalue weighted by Crippen LogP contribution is -2.38. The van der Waals surface area contributed by atoms with Gasteiger partial charge in [0.05, 0.1) is 6.61 Å². The topological polar surface area (TPSA) is 51.4 Å². The minimum Gasteiger partial charge on any atom is -0.383 e. The number of aromatic nitrogens is 1. The van der Waals surface area contributed by atoms with Crippen LogP contribution in [0.1, 0.15) is 26.7 Å². The Morgan fingerprint density at radius 1 is 1.32 bits per heavy atom. The fourth-order valence-corrected chi connectivity index (χ4v) is 2.05. The molecule has 6 heteroatoms. The Bertz CT molecular complexity index is 411. The molecular weight excluding hydrogens is 252 g/mol. The second-order valence-corrected chi connectivity index (χ2v) is 4.32. The summed E-state index contributed by atoms with van der Waals surface area (Å²) in [5.41, 5.74) is 5.43. The van der Waals surface area contributed by atoms with Crippen LogP contribution in [-0.2, 0) is 4.74 Å². The van der Waals surface area contributed by atoms with Gasteiger partial charge in [0.1, 0.15) is 0 Å². The Labute approximate surface area is 112 Å². The zero-order valence-electron chi connectivity index (χ0n) is 11.6. The molecule has 0 aliphatic heterocycles. The number of hydrogen-bond acceptors (Lipinski definition) is 4. The summed E-state index contributed by atoms with van der Waals surface area (Å²) < 4.78 is 32.1. The molecule has 4 nitrogen and oxygen atoms in total. The Morgan fingerprint density at radius 2 is 1.95 bits per heavy atom. The maximum Gasteiger partial charge on any atom is 0.168 e. The van der Waals surface area contributed by atoms with Gasteiger partial charge in [-0.3, -0.25) is 0 Å². The van der Waals surface area contributed by atoms with Gasteiger partial charge >= 0.3 is 0 Å². The normalized spacial score (nSPS) is 11.1. The maximum absolute atomic E-state index is 13.9. The van der Waals surface area contributed by atoms with Crippen LogP contribution in [0.4, 0.5) is 20.4 Å². The average molecular weight is 273 g/mol. The Hall–Kier alpha value is -1.43. The van der Waals surface area contributed by atoms with E-state index in [0.717, 1.165) is 18.9 Å². The van der Waals surface area contributed by atoms with Crippen LogP contribution in [0.5, 0.6) is 0 Å². The van der Waals surface area contributed by atoms with Crippen LogP contribution in [0, 0.1) is 11.6 Å². The first-order valence-electron chi connectivity index (χ1n) is 6.42. The standard InChI is InChI=1S/C13H21F2N3O/c1-4-9(5-2)18(6-7-19-3)13-11(15)8-10(14)12(16)17-13/h8-9H,4-7H2,1-3H3,(H2,16,17). The zero-order valence-corrected chi connectivity index (χ0v) is 11.6. The number of methoxy groups -OCH3 is 1. The van der Waals surface area contributed by atoms with E-state index in [9.17, 15) is 8.78 Å². The van der Waals surface area contributed by atoms with Crippen molar-refractivity contribution in [3.05, 3.63) is 17.7 Å². The third-order valence-corrected chi connectivity index (χ3v) is 3.13. The first-order chi connectivity index (χ1) is 9.04. The summed E-state index contributed by atoms with van der Waals surface area (Å²) in [5.74, 6) is -1.73. The van der Waals surface area contributed by atoms with Gasteiger partial charge in [0, 0.05) is 25.8 Å². The highest BCUT2D eigenvalue weighted by Gasteiger charge is 2.21. The third kappa shape index (κ3) is 3.76. The van der Waals surface area contributed by atoms with Gasteiger partial charge in [0.2, 0.25) is 0 Å². The molecule has 0 bridgehead atoms. The van der Waals surface area contributed by atoms with Crippen LogP contribution in [0.2, 0.25) is 0 Å². The SMILES string of the molecule is CCC(CC)N(CCOC)c1nc(N)c(F)cc1F. The number of nitrogens with two attached hydrogens (primary N) is 1. The van der Waals surface area contributed by atoms with Crippen molar-refractivity contribution in [2.45, 2.75) is 32.7 Å². The van der Waals surface area contributed by atoms with Gasteiger partial charge in [-0.05, 0) is 12.8 Å². The lowest BCUT2D eigenvalue weighted by Gasteiger charge is -2.31. The van der Waals surface area contributed by atoms with Gasteiger partial charge in [-0.2, -0.15) is 0 Å². The Balaban J connectivity index is 3.12. The number of ether oxygens (including phenoxy) is 1. The summed E-state index contributed by atoms with van der Waals surface area (Å²) in [7, 11) is 1.58. The quantitative estimate of drug-likeness (QED) is 0.829. The highest BCUT2D eigenvalue weighted by Crippen LogP contribution is 2.24. The zero-order chi connectivity index (χ0) is 14.4. The van der Waals surface area contributed by atoms with Gasteiger partial charge < -0.3 is 15.4 Å². The predicted molar refractivity (Wildman–Crippen MR) is 72.2 cm³/mol. The predicted octanol–water partition coefficient (Wildman–Crippen LogP) is 2.58. The minimum atomic E-state index is -0.836. The van der Waals surface area contributed by atoms with Gasteiger partial charge in [-0.25, -0.2) is 13.8 Å². The minimum absolute atomic E-state index is 0.0876. The van der Waals surface area contributed by atoms with E-state index in [2.05, 4.69) is 4.98 Å². The van der Waals surface area contributed by atoms with Crippen molar-refractivity contribution in [3.8, 4) is 0 Å². The molecule has 0 saturated heterocycles. The molecule has 1 aromatic rings. The fourth-order valence-electron chi connectivity index (χ4n) is 2.05. The van der Waals surface area contributed by atoms with Crippen molar-refractivity contribution in [3.63, 3.8) is 0 Å². The summed E-state index contributed by atoms with van der Waals surface area (Å²) in [6, 6.07) is 0.891. The van der Waals surface area contributed by atoms with Gasteiger partial charge in [-0.15, -0.1) is 0 Å². The van der Waals surface area contributed by atoms with E-state index in [4.69, 9.17) is 10.5 Å². The first kappa shape index (κ1) is 15.6. The highest BCUT2D eigenvalue weighted by molar-refractivity contribution is 5.48. The van der Waals surface area contributed by atoms with Crippen LogP contribution in [0.3, 0.4) is 0 Å². The van der Waals surface area contributed by atoms with Crippen molar-refractivity contribution in [1.82, 2.24) is 4.98 Å². The molecule has 1 aromatic heterocycles. The van der Waals surface area contributed by atoms with Crippen LogP contribution >= 0.6 is 0 Å². The molecule has 0 aliphatic rings. The molecule has 0 radical (unpaired) electrons. The lowest BCUT2D eigenvalue weighted by molar-refractivity contribution is 0.202. The third-order valence-electron chi connectivity index (χ3n) is 3.13. The molecular formula is C13H21F2N3O. The Kier molecular flexibility index (Phi) is 5.95. The molecule has 0 saturated carbocycles. The summed E-state index contributed by atoms with van der Waals surface area (Å²) in [6.07, 6.45) is 1.66. The van der Waals surface area contributed by atoms with Crippen molar-refractivity contribution in [1.29, 1.82) is 0 Å². The van der Waals surface area contributed by atoms with Gasteiger partial charge in [0.25, 0.3) is 0 Å². The molecule has 108 valence electrons. The maximum atomic E-state index is 13.9. The van der Waals surface area contributed by atoms with E-state index >= 15 is 0 Å². The second-order valence-electron chi connectivity index (χ2n) is 4.32. The average Bonchev–Trinajstić information content (AvgIpc) is 2.39. The van der Waals surface area contributed by atoms with E-state index in [1.54, 1.807) is 12.0 Å². The number of anilines is 2. The molecule has 2 N–H and O–H groups in total. The highest BCUT2D eigenvalue weighted by atomic mass is 19.1. The van der Waals surface area contributed by atoms with Gasteiger partial charge in [-0.1, -0.05) is 13.8 Å². The molecule has 19 heavy (non-hydrogen) atoms. The molecule has 0 unspecified atom stereocenters. The van der Waals surface area contributed by atoms with Crippen LogP contribution in [0.25, 0.3) is 0 Å². The van der Waals surface area contributed by atoms with E-state index in [-0.39, 0.29) is 17.7 Å². The van der Waals surface area contributed by atoms with Crippen molar-refractivity contribution < 1.29 is 13.5 Å². The molecule has 0 aliphatic carbocycles. The van der Waals surface area contributed by atoms with E-state index in [1.165, 1.54) is 0 Å². The summed E-state index contributed by atoms with van der Waals surface area (Å²) in [6.45, 7) is 4.95. The van der Waals surface area contributed by atoms with E-state index < -0.39 is 11.6 Å². The van der Waals surface area contributed by atoms with Crippen LogP contribution in [-0.4, -0.2) is 31.3 Å². The number of pyridine rings is 1. The number of nitrogens with zero attached hydrogens (tertiary/aromatic N) is 2. The second kappa shape index (κ2) is 7.23. The number of nitrogen functional groups attached to an aromatic ring is 1.